The first-order valence-corrected chi connectivity index (χ1v) is 5.30. The van der Waals surface area contributed by atoms with Crippen molar-refractivity contribution in [2.45, 2.75) is 19.1 Å². The van der Waals surface area contributed by atoms with Crippen molar-refractivity contribution in [3.05, 3.63) is 46.0 Å². The summed E-state index contributed by atoms with van der Waals surface area (Å²) in [6.07, 6.45) is -4.39. The number of rotatable bonds is 2. The molecule has 1 rings (SSSR count). The molecule has 0 saturated heterocycles. The number of hydrogen-bond donors (Lipinski definition) is 1. The van der Waals surface area contributed by atoms with Crippen molar-refractivity contribution >= 4 is 15.9 Å². The maximum atomic E-state index is 12.6. The number of hydrogen-bond acceptors (Lipinski definition) is 1. The lowest BCUT2D eigenvalue weighted by atomic mass is 10.00. The third-order valence-corrected chi connectivity index (χ3v) is 2.88. The summed E-state index contributed by atoms with van der Waals surface area (Å²) >= 11 is 2.87. The second-order valence-corrected chi connectivity index (χ2v) is 4.42. The molecule has 0 aliphatic heterocycles. The first-order valence-electron chi connectivity index (χ1n) is 4.51. The summed E-state index contributed by atoms with van der Waals surface area (Å²) < 4.78 is 37.8. The van der Waals surface area contributed by atoms with Crippen molar-refractivity contribution in [1.29, 1.82) is 0 Å². The molecule has 2 N–H and O–H groups in total. The summed E-state index contributed by atoms with van der Waals surface area (Å²) in [4.78, 5) is 0. The van der Waals surface area contributed by atoms with Crippen LogP contribution in [0, 0.1) is 0 Å². The van der Waals surface area contributed by atoms with Gasteiger partial charge in [0, 0.05) is 4.47 Å². The molecule has 5 heteroatoms. The Morgan fingerprint density at radius 1 is 1.44 bits per heavy atom. The Balaban J connectivity index is 3.23. The van der Waals surface area contributed by atoms with Crippen LogP contribution in [-0.4, -0.2) is 0 Å². The summed E-state index contributed by atoms with van der Waals surface area (Å²) in [6, 6.07) is 3.37. The minimum Gasteiger partial charge on any atom is -0.321 e. The van der Waals surface area contributed by atoms with E-state index in [0.717, 1.165) is 6.07 Å². The zero-order chi connectivity index (χ0) is 12.5. The van der Waals surface area contributed by atoms with Gasteiger partial charge in [-0.05, 0) is 24.6 Å². The van der Waals surface area contributed by atoms with Crippen LogP contribution in [0.5, 0.6) is 0 Å². The molecule has 0 aliphatic carbocycles. The highest BCUT2D eigenvalue weighted by Gasteiger charge is 2.33. The lowest BCUT2D eigenvalue weighted by Crippen LogP contribution is -2.13. The molecule has 16 heavy (non-hydrogen) atoms. The Hall–Kier alpha value is -0.810. The van der Waals surface area contributed by atoms with Crippen LogP contribution in [0.1, 0.15) is 24.1 Å². The van der Waals surface area contributed by atoms with E-state index in [1.54, 1.807) is 13.0 Å². The van der Waals surface area contributed by atoms with Gasteiger partial charge < -0.3 is 5.73 Å². The van der Waals surface area contributed by atoms with Crippen LogP contribution >= 0.6 is 15.9 Å². The highest BCUT2D eigenvalue weighted by Crippen LogP contribution is 2.36. The zero-order valence-corrected chi connectivity index (χ0v) is 10.2. The van der Waals surface area contributed by atoms with Gasteiger partial charge in [-0.1, -0.05) is 34.1 Å². The van der Waals surface area contributed by atoms with E-state index in [4.69, 9.17) is 5.73 Å². The smallest absolute Gasteiger partial charge is 0.321 e. The van der Waals surface area contributed by atoms with Gasteiger partial charge in [0.15, 0.2) is 0 Å². The van der Waals surface area contributed by atoms with Gasteiger partial charge in [-0.3, -0.25) is 0 Å². The molecule has 0 bridgehead atoms. The molecule has 0 saturated carbocycles. The number of nitrogens with two attached hydrogens (primary N) is 1. The fraction of sp³-hybridized carbons (Fsp3) is 0.273. The molecule has 1 atom stereocenters. The molecule has 1 aromatic carbocycles. The number of halogens is 4. The number of alkyl halides is 3. The predicted molar refractivity (Wildman–Crippen MR) is 60.9 cm³/mol. The van der Waals surface area contributed by atoms with E-state index in [0.29, 0.717) is 11.1 Å². The highest BCUT2D eigenvalue weighted by molar-refractivity contribution is 9.10. The molecule has 0 aliphatic rings. The highest BCUT2D eigenvalue weighted by atomic mass is 79.9. The SMILES string of the molecule is C=C(C)C(N)c1ccc(Br)c(C(F)(F)F)c1. The molecular formula is C11H11BrF3N. The van der Waals surface area contributed by atoms with Gasteiger partial charge >= 0.3 is 6.18 Å². The van der Waals surface area contributed by atoms with Crippen molar-refractivity contribution in [2.24, 2.45) is 5.73 Å². The molecule has 0 aromatic heterocycles. The summed E-state index contributed by atoms with van der Waals surface area (Å²) in [7, 11) is 0. The van der Waals surface area contributed by atoms with E-state index >= 15 is 0 Å². The molecule has 1 unspecified atom stereocenters. The van der Waals surface area contributed by atoms with Crippen molar-refractivity contribution < 1.29 is 13.2 Å². The van der Waals surface area contributed by atoms with Gasteiger partial charge in [-0.15, -0.1) is 0 Å². The van der Waals surface area contributed by atoms with Crippen molar-refractivity contribution in [3.63, 3.8) is 0 Å². The van der Waals surface area contributed by atoms with E-state index in [1.165, 1.54) is 6.07 Å². The summed E-state index contributed by atoms with van der Waals surface area (Å²) in [5.41, 5.74) is 6.02. The quantitative estimate of drug-likeness (QED) is 0.818. The normalized spacial score (nSPS) is 13.6. The molecule has 0 heterocycles. The van der Waals surface area contributed by atoms with E-state index in [9.17, 15) is 13.2 Å². The molecular weight excluding hydrogens is 283 g/mol. The molecule has 0 amide bonds. The Morgan fingerprint density at radius 3 is 2.44 bits per heavy atom. The van der Waals surface area contributed by atoms with Crippen molar-refractivity contribution in [2.75, 3.05) is 0 Å². The lowest BCUT2D eigenvalue weighted by molar-refractivity contribution is -0.138. The monoisotopic (exact) mass is 293 g/mol. The molecule has 0 fully saturated rings. The first-order chi connectivity index (χ1) is 7.23. The molecule has 1 nitrogen and oxygen atoms in total. The van der Waals surface area contributed by atoms with E-state index in [1.807, 2.05) is 0 Å². The Bertz CT molecular complexity index is 412. The minimum absolute atomic E-state index is 0.0117. The van der Waals surface area contributed by atoms with Crippen LogP contribution in [0.15, 0.2) is 34.8 Å². The van der Waals surface area contributed by atoms with E-state index in [-0.39, 0.29) is 4.47 Å². The van der Waals surface area contributed by atoms with Gasteiger partial charge in [0.05, 0.1) is 11.6 Å². The second-order valence-electron chi connectivity index (χ2n) is 3.56. The Kier molecular flexibility index (Phi) is 3.80. The van der Waals surface area contributed by atoms with Crippen LogP contribution in [0.25, 0.3) is 0 Å². The van der Waals surface area contributed by atoms with Gasteiger partial charge in [0.25, 0.3) is 0 Å². The fourth-order valence-electron chi connectivity index (χ4n) is 1.24. The van der Waals surface area contributed by atoms with Crippen LogP contribution in [0.2, 0.25) is 0 Å². The molecule has 1 aromatic rings. The molecule has 0 radical (unpaired) electrons. The van der Waals surface area contributed by atoms with E-state index < -0.39 is 17.8 Å². The topological polar surface area (TPSA) is 26.0 Å². The number of benzene rings is 1. The van der Waals surface area contributed by atoms with Crippen molar-refractivity contribution in [3.8, 4) is 0 Å². The maximum absolute atomic E-state index is 12.6. The Labute approximate surface area is 100 Å². The predicted octanol–water partition coefficient (Wildman–Crippen LogP) is 4.04. The third kappa shape index (κ3) is 2.86. The molecule has 88 valence electrons. The van der Waals surface area contributed by atoms with Crippen LogP contribution in [0.3, 0.4) is 0 Å². The summed E-state index contributed by atoms with van der Waals surface area (Å²) in [5, 5.41) is 0. The first kappa shape index (κ1) is 13.3. The fourth-order valence-corrected chi connectivity index (χ4v) is 1.71. The van der Waals surface area contributed by atoms with Gasteiger partial charge in [0.2, 0.25) is 0 Å². The standard InChI is InChI=1S/C11H11BrF3N/c1-6(2)10(16)7-3-4-9(12)8(5-7)11(13,14)15/h3-5,10H,1,16H2,2H3. The van der Waals surface area contributed by atoms with Gasteiger partial charge in [0.1, 0.15) is 0 Å². The maximum Gasteiger partial charge on any atom is 0.417 e. The zero-order valence-electron chi connectivity index (χ0n) is 8.61. The van der Waals surface area contributed by atoms with Crippen LogP contribution in [-0.2, 0) is 6.18 Å². The lowest BCUT2D eigenvalue weighted by Gasteiger charge is -2.15. The minimum atomic E-state index is -4.39. The summed E-state index contributed by atoms with van der Waals surface area (Å²) in [5.74, 6) is 0. The Morgan fingerprint density at radius 2 is 2.00 bits per heavy atom. The largest absolute Gasteiger partial charge is 0.417 e. The van der Waals surface area contributed by atoms with Crippen LogP contribution in [0.4, 0.5) is 13.2 Å². The average molecular weight is 294 g/mol. The van der Waals surface area contributed by atoms with Crippen LogP contribution < -0.4 is 5.73 Å². The average Bonchev–Trinajstić information content (AvgIpc) is 2.15. The van der Waals surface area contributed by atoms with Gasteiger partial charge in [-0.2, -0.15) is 13.2 Å². The summed E-state index contributed by atoms with van der Waals surface area (Å²) in [6.45, 7) is 5.31. The second kappa shape index (κ2) is 4.59. The third-order valence-electron chi connectivity index (χ3n) is 2.19. The van der Waals surface area contributed by atoms with Gasteiger partial charge in [-0.25, -0.2) is 0 Å². The van der Waals surface area contributed by atoms with E-state index in [2.05, 4.69) is 22.5 Å². The van der Waals surface area contributed by atoms with Crippen molar-refractivity contribution in [1.82, 2.24) is 0 Å². The molecule has 0 spiro atoms.